The SMILES string of the molecule is CCCCCCCCCCCCCCCC(CCCCCCCCCCCCC)c1[nH]cc[n+]1C(C)CCCCCCC. The first-order valence-electron chi connectivity index (χ1n) is 20.3. The van der Waals surface area contributed by atoms with Crippen molar-refractivity contribution in [2.45, 2.75) is 245 Å². The molecule has 0 aliphatic heterocycles. The number of H-pyrrole nitrogens is 1. The topological polar surface area (TPSA) is 19.7 Å². The second-order valence-electron chi connectivity index (χ2n) is 14.4. The first-order valence-corrected chi connectivity index (χ1v) is 20.3. The molecule has 1 rings (SSSR count). The number of hydrogen-bond donors (Lipinski definition) is 1. The van der Waals surface area contributed by atoms with Crippen LogP contribution in [0.4, 0.5) is 0 Å². The Morgan fingerprint density at radius 2 is 0.744 bits per heavy atom. The van der Waals surface area contributed by atoms with E-state index in [9.17, 15) is 0 Å². The fourth-order valence-electron chi connectivity index (χ4n) is 7.13. The monoisotopic (exact) mass is 602 g/mol. The number of aromatic nitrogens is 2. The predicted octanol–water partition coefficient (Wildman–Crippen LogP) is 14.5. The Bertz CT molecular complexity index is 664. The molecule has 2 unspecified atom stereocenters. The van der Waals surface area contributed by atoms with E-state index < -0.39 is 0 Å². The summed E-state index contributed by atoms with van der Waals surface area (Å²) in [6.07, 6.45) is 50.2. The Morgan fingerprint density at radius 3 is 1.09 bits per heavy atom. The number of imidazole rings is 1. The van der Waals surface area contributed by atoms with E-state index in [2.05, 4.69) is 49.6 Å². The molecule has 0 radical (unpaired) electrons. The van der Waals surface area contributed by atoms with Gasteiger partial charge in [-0.2, -0.15) is 0 Å². The van der Waals surface area contributed by atoms with Gasteiger partial charge in [0.05, 0.1) is 12.0 Å². The molecule has 0 spiro atoms. The first-order chi connectivity index (χ1) is 21.2. The molecular weight excluding hydrogens is 520 g/mol. The van der Waals surface area contributed by atoms with E-state index in [0.29, 0.717) is 12.0 Å². The maximum atomic E-state index is 3.75. The second kappa shape index (κ2) is 31.2. The molecule has 1 heterocycles. The van der Waals surface area contributed by atoms with Crippen molar-refractivity contribution in [2.24, 2.45) is 0 Å². The second-order valence-corrected chi connectivity index (χ2v) is 14.4. The van der Waals surface area contributed by atoms with Gasteiger partial charge in [0.25, 0.3) is 5.82 Å². The molecule has 0 saturated carbocycles. The normalized spacial score (nSPS) is 13.1. The molecule has 0 aromatic carbocycles. The molecule has 0 aliphatic carbocycles. The maximum Gasteiger partial charge on any atom is 0.257 e. The maximum absolute atomic E-state index is 3.75. The zero-order valence-electron chi connectivity index (χ0n) is 30.4. The molecule has 2 atom stereocenters. The Labute approximate surface area is 272 Å². The van der Waals surface area contributed by atoms with Crippen molar-refractivity contribution in [3.05, 3.63) is 18.2 Å². The lowest BCUT2D eigenvalue weighted by molar-refractivity contribution is -0.727. The van der Waals surface area contributed by atoms with Crippen LogP contribution in [0.3, 0.4) is 0 Å². The van der Waals surface area contributed by atoms with Gasteiger partial charge in [-0.05, 0) is 32.6 Å². The minimum Gasteiger partial charge on any atom is -0.247 e. The van der Waals surface area contributed by atoms with Crippen LogP contribution < -0.4 is 4.57 Å². The highest BCUT2D eigenvalue weighted by molar-refractivity contribution is 4.90. The highest BCUT2D eigenvalue weighted by Gasteiger charge is 2.25. The van der Waals surface area contributed by atoms with Crippen molar-refractivity contribution in [1.29, 1.82) is 0 Å². The Kier molecular flexibility index (Phi) is 29.2. The van der Waals surface area contributed by atoms with Crippen LogP contribution in [0.2, 0.25) is 0 Å². The van der Waals surface area contributed by atoms with Crippen LogP contribution in [0.15, 0.2) is 12.4 Å². The summed E-state index contributed by atoms with van der Waals surface area (Å²) in [4.78, 5) is 3.75. The Morgan fingerprint density at radius 1 is 0.442 bits per heavy atom. The summed E-state index contributed by atoms with van der Waals surface area (Å²) < 4.78 is 2.63. The van der Waals surface area contributed by atoms with Crippen LogP contribution in [0.1, 0.15) is 251 Å². The van der Waals surface area contributed by atoms with Crippen LogP contribution in [-0.2, 0) is 0 Å². The van der Waals surface area contributed by atoms with Crippen molar-refractivity contribution < 1.29 is 4.57 Å². The van der Waals surface area contributed by atoms with Crippen LogP contribution in [0.5, 0.6) is 0 Å². The lowest BCUT2D eigenvalue weighted by atomic mass is 9.92. The van der Waals surface area contributed by atoms with E-state index >= 15 is 0 Å². The molecule has 43 heavy (non-hydrogen) atoms. The molecular formula is C41H81N2+. The van der Waals surface area contributed by atoms with E-state index in [4.69, 9.17) is 0 Å². The van der Waals surface area contributed by atoms with E-state index in [0.717, 1.165) is 0 Å². The minimum absolute atomic E-state index is 0.620. The number of aromatic amines is 1. The first kappa shape index (κ1) is 40.2. The molecule has 2 nitrogen and oxygen atoms in total. The lowest BCUT2D eigenvalue weighted by Crippen LogP contribution is -2.41. The van der Waals surface area contributed by atoms with Gasteiger partial charge in [-0.3, -0.25) is 0 Å². The standard InChI is InChI=1S/C41H80N2/c1-5-8-11-14-16-18-20-21-23-25-27-30-33-36-40(35-32-29-26-24-22-19-17-15-12-9-6-2)41-42-37-38-43(41)39(4)34-31-28-13-10-7-3/h37-40H,5-36H2,1-4H3/p+1. The molecule has 254 valence electrons. The molecule has 1 aromatic heterocycles. The third-order valence-electron chi connectivity index (χ3n) is 10.1. The highest BCUT2D eigenvalue weighted by atomic mass is 15.1. The van der Waals surface area contributed by atoms with Crippen molar-refractivity contribution >= 4 is 0 Å². The van der Waals surface area contributed by atoms with Crippen LogP contribution in [-0.4, -0.2) is 4.98 Å². The number of nitrogens with zero attached hydrogens (tertiary/aromatic N) is 1. The number of rotatable bonds is 34. The van der Waals surface area contributed by atoms with Crippen LogP contribution in [0, 0.1) is 0 Å². The van der Waals surface area contributed by atoms with Gasteiger partial charge in [-0.15, -0.1) is 0 Å². The zero-order chi connectivity index (χ0) is 31.1. The summed E-state index contributed by atoms with van der Waals surface area (Å²) in [5, 5.41) is 0. The summed E-state index contributed by atoms with van der Waals surface area (Å²) in [6, 6.07) is 0.620. The number of hydrogen-bond acceptors (Lipinski definition) is 0. The Balaban J connectivity index is 2.38. The minimum atomic E-state index is 0.620. The van der Waals surface area contributed by atoms with E-state index in [-0.39, 0.29) is 0 Å². The van der Waals surface area contributed by atoms with Gasteiger partial charge < -0.3 is 0 Å². The van der Waals surface area contributed by atoms with E-state index in [1.807, 2.05) is 0 Å². The third-order valence-corrected chi connectivity index (χ3v) is 10.1. The van der Waals surface area contributed by atoms with Crippen molar-refractivity contribution in [2.75, 3.05) is 0 Å². The molecule has 0 aliphatic rings. The Hall–Kier alpha value is -0.790. The van der Waals surface area contributed by atoms with Gasteiger partial charge in [0.2, 0.25) is 0 Å². The van der Waals surface area contributed by atoms with Gasteiger partial charge in [-0.25, -0.2) is 9.55 Å². The molecule has 0 saturated heterocycles. The van der Waals surface area contributed by atoms with Crippen molar-refractivity contribution in [1.82, 2.24) is 4.98 Å². The van der Waals surface area contributed by atoms with E-state index in [1.165, 1.54) is 211 Å². The fraction of sp³-hybridized carbons (Fsp3) is 0.927. The van der Waals surface area contributed by atoms with Gasteiger partial charge in [-0.1, -0.05) is 201 Å². The van der Waals surface area contributed by atoms with Crippen LogP contribution in [0.25, 0.3) is 0 Å². The average molecular weight is 602 g/mol. The largest absolute Gasteiger partial charge is 0.257 e. The summed E-state index contributed by atoms with van der Waals surface area (Å²) in [7, 11) is 0. The van der Waals surface area contributed by atoms with Gasteiger partial charge >= 0.3 is 0 Å². The summed E-state index contributed by atoms with van der Waals surface area (Å²) in [5.41, 5.74) is 0. The molecule has 1 aromatic rings. The van der Waals surface area contributed by atoms with Crippen molar-refractivity contribution in [3.63, 3.8) is 0 Å². The molecule has 0 fully saturated rings. The van der Waals surface area contributed by atoms with Gasteiger partial charge in [0, 0.05) is 0 Å². The predicted molar refractivity (Wildman–Crippen MR) is 193 cm³/mol. The molecule has 0 bridgehead atoms. The van der Waals surface area contributed by atoms with E-state index in [1.54, 1.807) is 0 Å². The van der Waals surface area contributed by atoms with Crippen LogP contribution >= 0.6 is 0 Å². The molecule has 0 amide bonds. The van der Waals surface area contributed by atoms with Gasteiger partial charge in [0.1, 0.15) is 12.4 Å². The number of nitrogens with one attached hydrogen (secondary N) is 1. The third kappa shape index (κ3) is 23.2. The highest BCUT2D eigenvalue weighted by Crippen LogP contribution is 2.27. The fourth-order valence-corrected chi connectivity index (χ4v) is 7.13. The van der Waals surface area contributed by atoms with Gasteiger partial charge in [0.15, 0.2) is 0 Å². The lowest BCUT2D eigenvalue weighted by Gasteiger charge is -2.17. The summed E-state index contributed by atoms with van der Waals surface area (Å²) in [5.74, 6) is 2.25. The molecule has 1 N–H and O–H groups in total. The summed E-state index contributed by atoms with van der Waals surface area (Å²) in [6.45, 7) is 9.41. The van der Waals surface area contributed by atoms with Crippen molar-refractivity contribution in [3.8, 4) is 0 Å². The number of unbranched alkanes of at least 4 members (excludes halogenated alkanes) is 26. The molecule has 2 heteroatoms. The zero-order valence-corrected chi connectivity index (χ0v) is 30.4. The average Bonchev–Trinajstić information content (AvgIpc) is 3.51. The summed E-state index contributed by atoms with van der Waals surface area (Å²) >= 11 is 0. The smallest absolute Gasteiger partial charge is 0.247 e. The quantitative estimate of drug-likeness (QED) is 0.0599.